The van der Waals surface area contributed by atoms with Crippen LogP contribution in [0.5, 0.6) is 11.5 Å². The summed E-state index contributed by atoms with van der Waals surface area (Å²) in [6.07, 6.45) is 0. The first kappa shape index (κ1) is 8.20. The molecular weight excluding hydrogens is 188 g/mol. The summed E-state index contributed by atoms with van der Waals surface area (Å²) in [5.74, 6) is 0.0962. The average Bonchev–Trinajstić information content (AvgIpc) is 2.02. The molecule has 0 aromatic heterocycles. The minimum atomic E-state index is 0.0345. The van der Waals surface area contributed by atoms with Crippen molar-refractivity contribution in [3.05, 3.63) is 35.4 Å². The third-order valence-electron chi connectivity index (χ3n) is 1.88. The second-order valence-corrected chi connectivity index (χ2v) is 3.27. The number of phenols is 2. The summed E-state index contributed by atoms with van der Waals surface area (Å²) >= 11 is 5.76. The lowest BCUT2D eigenvalue weighted by molar-refractivity contribution is 0.455. The Balaban J connectivity index is 2.86. The quantitative estimate of drug-likeness (QED) is 0.677. The molecule has 0 bridgehead atoms. The number of aromatic hydroxyl groups is 2. The number of fused-ring (bicyclic) bond motifs is 1. The predicted octanol–water partition coefficient (Wildman–Crippen LogP) is 2.90. The Bertz CT molecular complexity index is 460. The van der Waals surface area contributed by atoms with E-state index in [0.29, 0.717) is 10.4 Å². The molecule has 2 aromatic carbocycles. The summed E-state index contributed by atoms with van der Waals surface area (Å²) < 4.78 is 0. The van der Waals surface area contributed by atoms with E-state index in [1.807, 2.05) is 0 Å². The molecule has 2 nitrogen and oxygen atoms in total. The van der Waals surface area contributed by atoms with Gasteiger partial charge in [-0.2, -0.15) is 0 Å². The molecular formula is C10H7ClO2. The van der Waals surface area contributed by atoms with Crippen molar-refractivity contribution in [1.29, 1.82) is 0 Å². The Kier molecular flexibility index (Phi) is 1.78. The zero-order valence-corrected chi connectivity index (χ0v) is 7.42. The van der Waals surface area contributed by atoms with Crippen LogP contribution in [0.3, 0.4) is 0 Å². The number of hydrogen-bond donors (Lipinski definition) is 2. The zero-order valence-electron chi connectivity index (χ0n) is 6.66. The van der Waals surface area contributed by atoms with Crippen molar-refractivity contribution in [1.82, 2.24) is 0 Å². The van der Waals surface area contributed by atoms with Crippen LogP contribution >= 0.6 is 11.6 Å². The first-order valence-electron chi connectivity index (χ1n) is 3.78. The first-order valence-corrected chi connectivity index (χ1v) is 4.16. The number of halogens is 1. The van der Waals surface area contributed by atoms with Crippen LogP contribution in [0.1, 0.15) is 0 Å². The van der Waals surface area contributed by atoms with Crippen molar-refractivity contribution in [2.24, 2.45) is 0 Å². The molecule has 0 unspecified atom stereocenters. The molecule has 0 spiro atoms. The maximum atomic E-state index is 9.44. The lowest BCUT2D eigenvalue weighted by atomic mass is 10.1. The van der Waals surface area contributed by atoms with Gasteiger partial charge in [0.25, 0.3) is 0 Å². The SMILES string of the molecule is Oc1cc(O)c2ccc(Cl)cc2c1. The molecule has 2 N–H and O–H groups in total. The average molecular weight is 195 g/mol. The Morgan fingerprint density at radius 1 is 1.00 bits per heavy atom. The Labute approximate surface area is 80.0 Å². The molecule has 0 heterocycles. The summed E-state index contributed by atoms with van der Waals surface area (Å²) in [4.78, 5) is 0. The standard InChI is InChI=1S/C10H7ClO2/c11-7-1-2-9-6(3-7)4-8(12)5-10(9)13/h1-5,12-13H. The number of hydrogen-bond acceptors (Lipinski definition) is 2. The molecule has 0 aliphatic rings. The summed E-state index contributed by atoms with van der Waals surface area (Å²) in [6, 6.07) is 7.96. The predicted molar refractivity (Wildman–Crippen MR) is 52.3 cm³/mol. The van der Waals surface area contributed by atoms with E-state index in [0.717, 1.165) is 5.39 Å². The van der Waals surface area contributed by atoms with Gasteiger partial charge in [0.15, 0.2) is 0 Å². The second-order valence-electron chi connectivity index (χ2n) is 2.83. The number of benzene rings is 2. The Morgan fingerprint density at radius 3 is 2.54 bits per heavy atom. The van der Waals surface area contributed by atoms with Crippen molar-refractivity contribution >= 4 is 22.4 Å². The normalized spacial score (nSPS) is 10.5. The van der Waals surface area contributed by atoms with E-state index >= 15 is 0 Å². The molecule has 0 saturated carbocycles. The van der Waals surface area contributed by atoms with Gasteiger partial charge in [-0.3, -0.25) is 0 Å². The highest BCUT2D eigenvalue weighted by Crippen LogP contribution is 2.31. The fourth-order valence-electron chi connectivity index (χ4n) is 1.31. The third kappa shape index (κ3) is 1.40. The van der Waals surface area contributed by atoms with Crippen LogP contribution in [-0.2, 0) is 0 Å². The van der Waals surface area contributed by atoms with Gasteiger partial charge in [0.05, 0.1) is 0 Å². The maximum absolute atomic E-state index is 9.44. The minimum absolute atomic E-state index is 0.0345. The van der Waals surface area contributed by atoms with E-state index in [2.05, 4.69) is 0 Å². The minimum Gasteiger partial charge on any atom is -0.508 e. The number of rotatable bonds is 0. The van der Waals surface area contributed by atoms with Crippen molar-refractivity contribution in [2.75, 3.05) is 0 Å². The fraction of sp³-hybridized carbons (Fsp3) is 0. The van der Waals surface area contributed by atoms with Gasteiger partial charge in [0, 0.05) is 16.5 Å². The van der Waals surface area contributed by atoms with Crippen LogP contribution in [-0.4, -0.2) is 10.2 Å². The largest absolute Gasteiger partial charge is 0.508 e. The topological polar surface area (TPSA) is 40.5 Å². The lowest BCUT2D eigenvalue weighted by Gasteiger charge is -2.02. The van der Waals surface area contributed by atoms with Crippen LogP contribution in [0, 0.1) is 0 Å². The van der Waals surface area contributed by atoms with Gasteiger partial charge in [-0.1, -0.05) is 11.6 Å². The van der Waals surface area contributed by atoms with E-state index in [-0.39, 0.29) is 11.5 Å². The first-order chi connectivity index (χ1) is 6.16. The summed E-state index contributed by atoms with van der Waals surface area (Å²) in [5.41, 5.74) is 0. The van der Waals surface area contributed by atoms with Gasteiger partial charge in [-0.25, -0.2) is 0 Å². The second kappa shape index (κ2) is 2.82. The van der Waals surface area contributed by atoms with Crippen molar-refractivity contribution in [2.45, 2.75) is 0 Å². The van der Waals surface area contributed by atoms with E-state index in [1.54, 1.807) is 24.3 Å². The molecule has 0 saturated heterocycles. The van der Waals surface area contributed by atoms with Crippen molar-refractivity contribution in [3.63, 3.8) is 0 Å². The zero-order chi connectivity index (χ0) is 9.42. The van der Waals surface area contributed by atoms with Crippen molar-refractivity contribution < 1.29 is 10.2 Å². The maximum Gasteiger partial charge on any atom is 0.127 e. The van der Waals surface area contributed by atoms with Crippen LogP contribution in [0.4, 0.5) is 0 Å². The van der Waals surface area contributed by atoms with E-state index in [4.69, 9.17) is 11.6 Å². The number of phenolic OH excluding ortho intramolecular Hbond substituents is 2. The van der Waals surface area contributed by atoms with Crippen molar-refractivity contribution in [3.8, 4) is 11.5 Å². The Morgan fingerprint density at radius 2 is 1.77 bits per heavy atom. The third-order valence-corrected chi connectivity index (χ3v) is 2.11. The van der Waals surface area contributed by atoms with Crippen LogP contribution in [0.2, 0.25) is 5.02 Å². The van der Waals surface area contributed by atoms with E-state index < -0.39 is 0 Å². The molecule has 0 atom stereocenters. The Hall–Kier alpha value is -1.41. The van der Waals surface area contributed by atoms with Crippen LogP contribution < -0.4 is 0 Å². The molecule has 0 radical (unpaired) electrons. The molecule has 2 aromatic rings. The summed E-state index contributed by atoms with van der Waals surface area (Å²) in [7, 11) is 0. The molecule has 0 fully saturated rings. The highest BCUT2D eigenvalue weighted by molar-refractivity contribution is 6.31. The highest BCUT2D eigenvalue weighted by atomic mass is 35.5. The molecule has 0 amide bonds. The van der Waals surface area contributed by atoms with Gasteiger partial charge < -0.3 is 10.2 Å². The van der Waals surface area contributed by atoms with E-state index in [1.165, 1.54) is 6.07 Å². The smallest absolute Gasteiger partial charge is 0.127 e. The molecule has 3 heteroatoms. The summed E-state index contributed by atoms with van der Waals surface area (Å²) in [5, 5.41) is 20.6. The van der Waals surface area contributed by atoms with E-state index in [9.17, 15) is 10.2 Å². The monoisotopic (exact) mass is 194 g/mol. The fourth-order valence-corrected chi connectivity index (χ4v) is 1.49. The highest BCUT2D eigenvalue weighted by Gasteiger charge is 2.02. The molecule has 2 rings (SSSR count). The molecule has 0 aliphatic heterocycles. The molecule has 13 heavy (non-hydrogen) atoms. The van der Waals surface area contributed by atoms with Crippen LogP contribution in [0.25, 0.3) is 10.8 Å². The van der Waals surface area contributed by atoms with Gasteiger partial charge in [0.2, 0.25) is 0 Å². The van der Waals surface area contributed by atoms with Gasteiger partial charge in [-0.15, -0.1) is 0 Å². The van der Waals surface area contributed by atoms with Crippen LogP contribution in [0.15, 0.2) is 30.3 Å². The summed E-state index contributed by atoms with van der Waals surface area (Å²) in [6.45, 7) is 0. The molecule has 66 valence electrons. The lowest BCUT2D eigenvalue weighted by Crippen LogP contribution is -1.74. The molecule has 0 aliphatic carbocycles. The van der Waals surface area contributed by atoms with Gasteiger partial charge >= 0.3 is 0 Å². The van der Waals surface area contributed by atoms with Gasteiger partial charge in [-0.05, 0) is 29.7 Å². The van der Waals surface area contributed by atoms with Gasteiger partial charge in [0.1, 0.15) is 11.5 Å².